The molecule has 26 heavy (non-hydrogen) atoms. The lowest BCUT2D eigenvalue weighted by Crippen LogP contribution is -2.08. The van der Waals surface area contributed by atoms with Gasteiger partial charge in [-0.2, -0.15) is 0 Å². The average Bonchev–Trinajstić information content (AvgIpc) is 2.93. The van der Waals surface area contributed by atoms with Crippen molar-refractivity contribution in [3.8, 4) is 0 Å². The zero-order chi connectivity index (χ0) is 18.7. The number of aliphatic hydroxyl groups is 1. The second kappa shape index (κ2) is 8.06. The fraction of sp³-hybridized carbons (Fsp3) is 0.333. The third-order valence-electron chi connectivity index (χ3n) is 4.17. The van der Waals surface area contributed by atoms with Crippen molar-refractivity contribution in [2.24, 2.45) is 0 Å². The van der Waals surface area contributed by atoms with E-state index in [1.54, 1.807) is 18.0 Å². The summed E-state index contributed by atoms with van der Waals surface area (Å²) in [5.41, 5.74) is 4.47. The molecular formula is C21H25N3OS. The summed E-state index contributed by atoms with van der Waals surface area (Å²) in [5, 5.41) is 10.9. The van der Waals surface area contributed by atoms with Gasteiger partial charge in [0.1, 0.15) is 17.5 Å². The van der Waals surface area contributed by atoms with Crippen LogP contribution in [0.15, 0.2) is 52.5 Å². The highest BCUT2D eigenvalue weighted by molar-refractivity contribution is 7.99. The normalized spacial score (nSPS) is 11.3. The van der Waals surface area contributed by atoms with Crippen molar-refractivity contribution >= 4 is 11.8 Å². The van der Waals surface area contributed by atoms with E-state index < -0.39 is 0 Å². The molecule has 0 unspecified atom stereocenters. The largest absolute Gasteiger partial charge is 0.388 e. The number of hydrogen-bond donors (Lipinski definition) is 1. The van der Waals surface area contributed by atoms with E-state index >= 15 is 0 Å². The second-order valence-corrected chi connectivity index (χ2v) is 7.93. The first-order chi connectivity index (χ1) is 12.5. The predicted molar refractivity (Wildman–Crippen MR) is 106 cm³/mol. The van der Waals surface area contributed by atoms with E-state index in [9.17, 15) is 5.11 Å². The minimum Gasteiger partial charge on any atom is -0.388 e. The molecule has 0 atom stereocenters. The molecule has 136 valence electrons. The molecule has 0 spiro atoms. The first kappa shape index (κ1) is 18.7. The van der Waals surface area contributed by atoms with Crippen molar-refractivity contribution < 1.29 is 5.11 Å². The quantitative estimate of drug-likeness (QED) is 0.685. The summed E-state index contributed by atoms with van der Waals surface area (Å²) < 4.78 is 2.10. The van der Waals surface area contributed by atoms with E-state index in [0.717, 1.165) is 16.4 Å². The molecule has 2 heterocycles. The lowest BCUT2D eigenvalue weighted by Gasteiger charge is -2.13. The van der Waals surface area contributed by atoms with Crippen molar-refractivity contribution in [2.75, 3.05) is 0 Å². The molecule has 0 fully saturated rings. The molecular weight excluding hydrogens is 342 g/mol. The highest BCUT2D eigenvalue weighted by atomic mass is 32.2. The summed E-state index contributed by atoms with van der Waals surface area (Å²) in [6.45, 7) is 9.03. The Bertz CT molecular complexity index is 868. The van der Waals surface area contributed by atoms with Crippen molar-refractivity contribution in [3.63, 3.8) is 0 Å². The smallest absolute Gasteiger partial charge is 0.136 e. The summed E-state index contributed by atoms with van der Waals surface area (Å²) in [4.78, 5) is 10.4. The molecule has 0 saturated heterocycles. The van der Waals surface area contributed by atoms with Gasteiger partial charge in [0.15, 0.2) is 0 Å². The fourth-order valence-electron chi connectivity index (χ4n) is 3.03. The van der Waals surface area contributed by atoms with Gasteiger partial charge in [-0.25, -0.2) is 4.98 Å². The third-order valence-corrected chi connectivity index (χ3v) is 5.26. The van der Waals surface area contributed by atoms with Gasteiger partial charge in [-0.3, -0.25) is 4.98 Å². The number of benzene rings is 1. The molecule has 0 aliphatic carbocycles. The average molecular weight is 368 g/mol. The maximum absolute atomic E-state index is 9.86. The Morgan fingerprint density at radius 2 is 1.85 bits per heavy atom. The molecule has 5 heteroatoms. The van der Waals surface area contributed by atoms with Crippen LogP contribution in [0.4, 0.5) is 0 Å². The monoisotopic (exact) mass is 367 g/mol. The Morgan fingerprint density at radius 3 is 2.42 bits per heavy atom. The van der Waals surface area contributed by atoms with Crippen LogP contribution in [0, 0.1) is 13.8 Å². The van der Waals surface area contributed by atoms with Gasteiger partial charge in [-0.05, 0) is 55.2 Å². The number of rotatable bonds is 6. The number of aromatic nitrogens is 3. The maximum Gasteiger partial charge on any atom is 0.136 e. The molecule has 0 saturated carbocycles. The number of pyridine rings is 1. The lowest BCUT2D eigenvalue weighted by molar-refractivity contribution is 0.264. The number of nitrogens with zero attached hydrogens (tertiary/aromatic N) is 3. The predicted octanol–water partition coefficient (Wildman–Crippen LogP) is 4.71. The summed E-state index contributed by atoms with van der Waals surface area (Å²) >= 11 is 1.71. The molecule has 0 aliphatic rings. The van der Waals surface area contributed by atoms with Crippen LogP contribution in [0.1, 0.15) is 48.1 Å². The second-order valence-electron chi connectivity index (χ2n) is 6.86. The van der Waals surface area contributed by atoms with Crippen LogP contribution in [-0.4, -0.2) is 19.6 Å². The zero-order valence-electron chi connectivity index (χ0n) is 15.7. The van der Waals surface area contributed by atoms with Crippen molar-refractivity contribution in [1.82, 2.24) is 14.5 Å². The SMILES string of the molecule is Cc1cc(C)cc(Sc2c(C(C)C)nc(CO)n2Cc2ccccn2)c1. The molecule has 3 rings (SSSR count). The van der Waals surface area contributed by atoms with Crippen LogP contribution in [0.3, 0.4) is 0 Å². The summed E-state index contributed by atoms with van der Waals surface area (Å²) in [6, 6.07) is 12.5. The van der Waals surface area contributed by atoms with Crippen LogP contribution in [0.5, 0.6) is 0 Å². The van der Waals surface area contributed by atoms with Gasteiger partial charge < -0.3 is 9.67 Å². The van der Waals surface area contributed by atoms with E-state index in [1.807, 2.05) is 18.2 Å². The van der Waals surface area contributed by atoms with Crippen LogP contribution >= 0.6 is 11.8 Å². The third kappa shape index (κ3) is 4.17. The Labute approximate surface area is 159 Å². The van der Waals surface area contributed by atoms with E-state index in [2.05, 4.69) is 55.4 Å². The van der Waals surface area contributed by atoms with Crippen LogP contribution in [0.2, 0.25) is 0 Å². The Kier molecular flexibility index (Phi) is 5.79. The number of aryl methyl sites for hydroxylation is 2. The van der Waals surface area contributed by atoms with E-state index in [1.165, 1.54) is 16.0 Å². The molecule has 0 bridgehead atoms. The standard InChI is InChI=1S/C21H25N3OS/c1-14(2)20-21(26-18-10-15(3)9-16(4)11-18)24(19(13-25)23-20)12-17-7-5-6-8-22-17/h5-11,14,25H,12-13H2,1-4H3. The van der Waals surface area contributed by atoms with Crippen LogP contribution in [0.25, 0.3) is 0 Å². The van der Waals surface area contributed by atoms with Crippen molar-refractivity contribution in [1.29, 1.82) is 0 Å². The molecule has 1 aromatic carbocycles. The summed E-state index contributed by atoms with van der Waals surface area (Å²) in [7, 11) is 0. The first-order valence-electron chi connectivity index (χ1n) is 8.84. The van der Waals surface area contributed by atoms with E-state index in [0.29, 0.717) is 12.4 Å². The Balaban J connectivity index is 2.07. The topological polar surface area (TPSA) is 50.9 Å². The fourth-order valence-corrected chi connectivity index (χ4v) is 4.41. The van der Waals surface area contributed by atoms with Crippen molar-refractivity contribution in [3.05, 3.63) is 70.9 Å². The highest BCUT2D eigenvalue weighted by Crippen LogP contribution is 2.36. The molecule has 0 amide bonds. The van der Waals surface area contributed by atoms with Crippen molar-refractivity contribution in [2.45, 2.75) is 56.7 Å². The lowest BCUT2D eigenvalue weighted by atomic mass is 10.1. The van der Waals surface area contributed by atoms with Gasteiger partial charge in [-0.1, -0.05) is 37.7 Å². The summed E-state index contributed by atoms with van der Waals surface area (Å²) in [5.74, 6) is 0.963. The van der Waals surface area contributed by atoms with Gasteiger partial charge in [0.25, 0.3) is 0 Å². The van der Waals surface area contributed by atoms with Crippen LogP contribution < -0.4 is 0 Å². The minimum absolute atomic E-state index is 0.0834. The minimum atomic E-state index is -0.0834. The number of hydrogen-bond acceptors (Lipinski definition) is 4. The zero-order valence-corrected chi connectivity index (χ0v) is 16.5. The summed E-state index contributed by atoms with van der Waals surface area (Å²) in [6.07, 6.45) is 1.80. The van der Waals surface area contributed by atoms with Gasteiger partial charge in [0.2, 0.25) is 0 Å². The first-order valence-corrected chi connectivity index (χ1v) is 9.65. The molecule has 0 radical (unpaired) electrons. The van der Waals surface area contributed by atoms with E-state index in [-0.39, 0.29) is 12.5 Å². The van der Waals surface area contributed by atoms with Gasteiger partial charge in [-0.15, -0.1) is 0 Å². The molecule has 3 aromatic rings. The maximum atomic E-state index is 9.86. The highest BCUT2D eigenvalue weighted by Gasteiger charge is 2.20. The molecule has 4 nitrogen and oxygen atoms in total. The van der Waals surface area contributed by atoms with Gasteiger partial charge in [0.05, 0.1) is 17.9 Å². The Morgan fingerprint density at radius 1 is 1.12 bits per heavy atom. The van der Waals surface area contributed by atoms with E-state index in [4.69, 9.17) is 4.98 Å². The molecule has 2 aromatic heterocycles. The van der Waals surface area contributed by atoms with Gasteiger partial charge in [0, 0.05) is 11.1 Å². The molecule has 0 aliphatic heterocycles. The number of aliphatic hydroxyl groups excluding tert-OH is 1. The Hall–Kier alpha value is -2.11. The molecule has 1 N–H and O–H groups in total. The van der Waals surface area contributed by atoms with Crippen LogP contribution in [-0.2, 0) is 13.2 Å². The van der Waals surface area contributed by atoms with Gasteiger partial charge >= 0.3 is 0 Å². The number of imidazole rings is 1.